The zero-order valence-corrected chi connectivity index (χ0v) is 7.46. The molecule has 1 rings (SSSR count). The Kier molecular flexibility index (Phi) is 2.39. The van der Waals surface area contributed by atoms with Gasteiger partial charge in [0, 0.05) is 0 Å². The molecular weight excluding hydrogens is 265 g/mol. The van der Waals surface area contributed by atoms with Gasteiger partial charge in [0.25, 0.3) is 0 Å². The lowest BCUT2D eigenvalue weighted by Gasteiger charge is -2.21. The quantitative estimate of drug-likeness (QED) is 0.578. The molecule has 0 saturated carbocycles. The minimum Gasteiger partial charge on any atom is -0.288 e. The van der Waals surface area contributed by atoms with Crippen molar-refractivity contribution in [2.75, 3.05) is 6.67 Å². The van der Waals surface area contributed by atoms with Gasteiger partial charge < -0.3 is 0 Å². The van der Waals surface area contributed by atoms with E-state index in [0.717, 1.165) is 0 Å². The third-order valence-corrected chi connectivity index (χ3v) is 1.85. The van der Waals surface area contributed by atoms with Gasteiger partial charge in [-0.2, -0.15) is 27.1 Å². The standard InChI is InChI=1S/C4H3BrF5N3/c5-13-1-11-12-2(13)3(6,7)4(8,9)10/h11H,1H2. The molecule has 0 aromatic heterocycles. The molecule has 0 saturated heterocycles. The number of amidine groups is 1. The van der Waals surface area contributed by atoms with Crippen LogP contribution in [0.3, 0.4) is 0 Å². The largest absolute Gasteiger partial charge is 0.461 e. The molecule has 0 aliphatic carbocycles. The van der Waals surface area contributed by atoms with Gasteiger partial charge in [-0.05, 0) is 0 Å². The Bertz CT molecular complexity index is 236. The van der Waals surface area contributed by atoms with Gasteiger partial charge in [0.2, 0.25) is 5.84 Å². The second kappa shape index (κ2) is 2.96. The lowest BCUT2D eigenvalue weighted by molar-refractivity contribution is -0.251. The maximum absolute atomic E-state index is 12.5. The first-order valence-electron chi connectivity index (χ1n) is 2.95. The molecule has 0 aromatic carbocycles. The van der Waals surface area contributed by atoms with Crippen LogP contribution in [0.15, 0.2) is 5.10 Å². The van der Waals surface area contributed by atoms with Crippen LogP contribution in [0.5, 0.6) is 0 Å². The molecule has 0 bridgehead atoms. The number of hydrazone groups is 1. The molecule has 9 heteroatoms. The molecule has 0 atom stereocenters. The molecule has 0 aromatic rings. The van der Waals surface area contributed by atoms with Gasteiger partial charge >= 0.3 is 12.1 Å². The zero-order valence-electron chi connectivity index (χ0n) is 5.87. The molecule has 1 aliphatic heterocycles. The van der Waals surface area contributed by atoms with Gasteiger partial charge in [0.1, 0.15) is 6.67 Å². The Balaban J connectivity index is 2.93. The third-order valence-electron chi connectivity index (χ3n) is 1.26. The van der Waals surface area contributed by atoms with E-state index in [0.29, 0.717) is 3.93 Å². The minimum atomic E-state index is -5.64. The molecule has 0 spiro atoms. The summed E-state index contributed by atoms with van der Waals surface area (Å²) in [7, 11) is 0. The second-order valence-electron chi connectivity index (χ2n) is 2.19. The van der Waals surface area contributed by atoms with Crippen molar-refractivity contribution in [1.82, 2.24) is 9.35 Å². The van der Waals surface area contributed by atoms with Gasteiger partial charge in [0.15, 0.2) is 0 Å². The Morgan fingerprint density at radius 2 is 1.85 bits per heavy atom. The number of nitrogens with one attached hydrogen (secondary N) is 1. The monoisotopic (exact) mass is 267 g/mol. The summed E-state index contributed by atoms with van der Waals surface area (Å²) in [5, 5.41) is 2.83. The summed E-state index contributed by atoms with van der Waals surface area (Å²) >= 11 is 2.49. The van der Waals surface area contributed by atoms with E-state index in [1.54, 1.807) is 0 Å². The van der Waals surface area contributed by atoms with Crippen LogP contribution in [0, 0.1) is 0 Å². The van der Waals surface area contributed by atoms with E-state index in [9.17, 15) is 22.0 Å². The molecular formula is C4H3BrF5N3. The molecule has 0 fully saturated rings. The van der Waals surface area contributed by atoms with E-state index >= 15 is 0 Å². The summed E-state index contributed by atoms with van der Waals surface area (Å²) in [5.41, 5.74) is 1.99. The van der Waals surface area contributed by atoms with Crippen molar-refractivity contribution in [2.24, 2.45) is 5.10 Å². The molecule has 76 valence electrons. The van der Waals surface area contributed by atoms with E-state index in [4.69, 9.17) is 0 Å². The average Bonchev–Trinajstić information content (AvgIpc) is 2.32. The normalized spacial score (nSPS) is 18.6. The smallest absolute Gasteiger partial charge is 0.288 e. The Morgan fingerprint density at radius 1 is 1.31 bits per heavy atom. The fourth-order valence-electron chi connectivity index (χ4n) is 0.651. The van der Waals surface area contributed by atoms with Crippen LogP contribution < -0.4 is 5.43 Å². The van der Waals surface area contributed by atoms with Crippen LogP contribution in [0.25, 0.3) is 0 Å². The van der Waals surface area contributed by atoms with E-state index in [2.05, 4.69) is 21.2 Å². The zero-order chi connectivity index (χ0) is 10.3. The van der Waals surface area contributed by atoms with Crippen LogP contribution in [0.4, 0.5) is 22.0 Å². The van der Waals surface area contributed by atoms with E-state index < -0.39 is 17.9 Å². The number of hydrogen-bond acceptors (Lipinski definition) is 3. The highest BCUT2D eigenvalue weighted by Gasteiger charge is 2.63. The van der Waals surface area contributed by atoms with Gasteiger partial charge in [-0.15, -0.1) is 0 Å². The first kappa shape index (κ1) is 10.5. The van der Waals surface area contributed by atoms with E-state index in [1.807, 2.05) is 5.43 Å². The van der Waals surface area contributed by atoms with Crippen LogP contribution in [0.1, 0.15) is 0 Å². The van der Waals surface area contributed by atoms with Crippen LogP contribution >= 0.6 is 16.1 Å². The van der Waals surface area contributed by atoms with Crippen molar-refractivity contribution in [3.8, 4) is 0 Å². The Labute approximate surface area is 77.9 Å². The van der Waals surface area contributed by atoms with Crippen molar-refractivity contribution in [1.29, 1.82) is 0 Å². The molecule has 0 radical (unpaired) electrons. The van der Waals surface area contributed by atoms with Gasteiger partial charge in [0.05, 0.1) is 16.1 Å². The van der Waals surface area contributed by atoms with E-state index in [-0.39, 0.29) is 6.67 Å². The maximum Gasteiger partial charge on any atom is 0.461 e. The molecule has 13 heavy (non-hydrogen) atoms. The van der Waals surface area contributed by atoms with Gasteiger partial charge in [-0.25, -0.2) is 0 Å². The predicted octanol–water partition coefficient (Wildman–Crippen LogP) is 1.67. The summed E-state index contributed by atoms with van der Waals surface area (Å²) in [5.74, 6) is -6.33. The maximum atomic E-state index is 12.5. The Morgan fingerprint density at radius 3 is 2.15 bits per heavy atom. The van der Waals surface area contributed by atoms with Crippen molar-refractivity contribution < 1.29 is 22.0 Å². The highest BCUT2D eigenvalue weighted by atomic mass is 79.9. The average molecular weight is 268 g/mol. The molecule has 3 nitrogen and oxygen atoms in total. The lowest BCUT2D eigenvalue weighted by Crippen LogP contribution is -2.47. The SMILES string of the molecule is FC(F)(F)C(F)(F)C1=NNCN1Br. The van der Waals surface area contributed by atoms with Crippen LogP contribution in [-0.4, -0.2) is 28.5 Å². The van der Waals surface area contributed by atoms with Crippen LogP contribution in [0.2, 0.25) is 0 Å². The fourth-order valence-corrected chi connectivity index (χ4v) is 1.06. The lowest BCUT2D eigenvalue weighted by atomic mass is 10.3. The van der Waals surface area contributed by atoms with E-state index in [1.165, 1.54) is 0 Å². The highest BCUT2D eigenvalue weighted by molar-refractivity contribution is 9.07. The number of hydrogen-bond donors (Lipinski definition) is 1. The number of rotatable bonds is 1. The van der Waals surface area contributed by atoms with Crippen molar-refractivity contribution >= 4 is 22.0 Å². The van der Waals surface area contributed by atoms with Gasteiger partial charge in [-0.1, -0.05) is 0 Å². The van der Waals surface area contributed by atoms with Gasteiger partial charge in [-0.3, -0.25) is 9.35 Å². The summed E-state index contributed by atoms with van der Waals surface area (Å²) in [6.45, 7) is -0.235. The summed E-state index contributed by atoms with van der Waals surface area (Å²) < 4.78 is 60.8. The summed E-state index contributed by atoms with van der Waals surface area (Å²) in [4.78, 5) is 0. The number of halogens is 6. The molecule has 1 heterocycles. The molecule has 0 amide bonds. The fraction of sp³-hybridized carbons (Fsp3) is 0.750. The summed E-state index contributed by atoms with van der Waals surface area (Å²) in [6, 6.07) is 0. The summed E-state index contributed by atoms with van der Waals surface area (Å²) in [6.07, 6.45) is -5.64. The highest BCUT2D eigenvalue weighted by Crippen LogP contribution is 2.38. The number of nitrogens with zero attached hydrogens (tertiary/aromatic N) is 2. The van der Waals surface area contributed by atoms with Crippen molar-refractivity contribution in [3.05, 3.63) is 0 Å². The molecule has 1 N–H and O–H groups in total. The minimum absolute atomic E-state index is 0.235. The first-order chi connectivity index (χ1) is 5.77. The topological polar surface area (TPSA) is 27.6 Å². The van der Waals surface area contributed by atoms with Crippen molar-refractivity contribution in [3.63, 3.8) is 0 Å². The second-order valence-corrected chi connectivity index (χ2v) is 3.04. The molecule has 0 unspecified atom stereocenters. The van der Waals surface area contributed by atoms with Crippen molar-refractivity contribution in [2.45, 2.75) is 12.1 Å². The molecule has 1 aliphatic rings. The first-order valence-corrected chi connectivity index (χ1v) is 3.66. The third kappa shape index (κ3) is 1.69. The number of alkyl halides is 5. The van der Waals surface area contributed by atoms with Crippen LogP contribution in [-0.2, 0) is 0 Å². The predicted molar refractivity (Wildman–Crippen MR) is 37.2 cm³/mol. The Hall–Kier alpha value is -0.600.